The molecule has 0 amide bonds. The molecule has 0 saturated carbocycles. The van der Waals surface area contributed by atoms with Crippen molar-refractivity contribution in [3.05, 3.63) is 41.0 Å². The molecule has 2 aromatic carbocycles. The Bertz CT molecular complexity index is 790. The molecular weight excluding hydrogens is 312 g/mol. The van der Waals surface area contributed by atoms with Gasteiger partial charge in [0.2, 0.25) is 0 Å². The molecule has 0 aromatic heterocycles. The van der Waals surface area contributed by atoms with E-state index in [0.717, 1.165) is 16.7 Å². The lowest BCUT2D eigenvalue weighted by molar-refractivity contribution is 0.406. The number of benzene rings is 2. The van der Waals surface area contributed by atoms with Crippen LogP contribution in [0.3, 0.4) is 0 Å². The summed E-state index contributed by atoms with van der Waals surface area (Å²) in [4.78, 5) is 0. The molecule has 3 nitrogen and oxygen atoms in total. The first-order valence-electron chi connectivity index (χ1n) is 8.62. The topological polar surface area (TPSA) is 49.7 Å². The number of aromatic hydroxyl groups is 2. The standard InChI is InChI=1S/C22H30O3/c1-13-9-15(19(23)17(10-13)21(2,3)4)16-11-14(25-8)12-18(20(16)24)22(5,6)7/h9-12,23-24H,1-8H3. The van der Waals surface area contributed by atoms with Crippen molar-refractivity contribution < 1.29 is 14.9 Å². The third-order valence-electron chi connectivity index (χ3n) is 4.48. The predicted molar refractivity (Wildman–Crippen MR) is 104 cm³/mol. The van der Waals surface area contributed by atoms with Crippen LogP contribution in [-0.2, 0) is 10.8 Å². The van der Waals surface area contributed by atoms with Crippen molar-refractivity contribution in [3.63, 3.8) is 0 Å². The lowest BCUT2D eigenvalue weighted by Gasteiger charge is -2.26. The largest absolute Gasteiger partial charge is 0.507 e. The molecule has 25 heavy (non-hydrogen) atoms. The fourth-order valence-corrected chi connectivity index (χ4v) is 3.06. The van der Waals surface area contributed by atoms with E-state index in [0.29, 0.717) is 16.9 Å². The van der Waals surface area contributed by atoms with Crippen molar-refractivity contribution in [1.82, 2.24) is 0 Å². The minimum atomic E-state index is -0.250. The quantitative estimate of drug-likeness (QED) is 0.738. The molecule has 2 rings (SSSR count). The van der Waals surface area contributed by atoms with Crippen LogP contribution in [0, 0.1) is 6.92 Å². The summed E-state index contributed by atoms with van der Waals surface area (Å²) in [5, 5.41) is 21.9. The van der Waals surface area contributed by atoms with Gasteiger partial charge < -0.3 is 14.9 Å². The molecule has 0 aliphatic carbocycles. The van der Waals surface area contributed by atoms with Gasteiger partial charge in [0, 0.05) is 22.3 Å². The number of hydrogen-bond donors (Lipinski definition) is 2. The Morgan fingerprint density at radius 2 is 1.16 bits per heavy atom. The summed E-state index contributed by atoms with van der Waals surface area (Å²) in [7, 11) is 1.61. The van der Waals surface area contributed by atoms with E-state index in [1.165, 1.54) is 0 Å². The molecular formula is C22H30O3. The molecule has 136 valence electrons. The van der Waals surface area contributed by atoms with Gasteiger partial charge in [-0.25, -0.2) is 0 Å². The number of methoxy groups -OCH3 is 1. The maximum atomic E-state index is 10.9. The predicted octanol–water partition coefficient (Wildman–Crippen LogP) is 5.68. The van der Waals surface area contributed by atoms with Gasteiger partial charge >= 0.3 is 0 Å². The first-order valence-corrected chi connectivity index (χ1v) is 8.62. The lowest BCUT2D eigenvalue weighted by atomic mass is 9.81. The summed E-state index contributed by atoms with van der Waals surface area (Å²) in [5.74, 6) is 1.06. The Labute approximate surface area is 151 Å². The lowest BCUT2D eigenvalue weighted by Crippen LogP contribution is -2.13. The van der Waals surface area contributed by atoms with Gasteiger partial charge in [0.25, 0.3) is 0 Å². The minimum absolute atomic E-state index is 0.189. The molecule has 2 N–H and O–H groups in total. The van der Waals surface area contributed by atoms with Crippen LogP contribution in [0.4, 0.5) is 0 Å². The van der Waals surface area contributed by atoms with Crippen LogP contribution in [0.1, 0.15) is 58.2 Å². The molecule has 0 saturated heterocycles. The summed E-state index contributed by atoms with van der Waals surface area (Å²) in [5.41, 5.74) is 3.47. The van der Waals surface area contributed by atoms with Crippen LogP contribution in [0.2, 0.25) is 0 Å². The Hall–Kier alpha value is -2.16. The van der Waals surface area contributed by atoms with Crippen LogP contribution in [0.25, 0.3) is 11.1 Å². The van der Waals surface area contributed by atoms with Crippen molar-refractivity contribution in [1.29, 1.82) is 0 Å². The highest BCUT2D eigenvalue weighted by Crippen LogP contribution is 2.46. The van der Waals surface area contributed by atoms with Crippen LogP contribution >= 0.6 is 0 Å². The fraction of sp³-hybridized carbons (Fsp3) is 0.455. The Balaban J connectivity index is 2.85. The molecule has 0 spiro atoms. The zero-order valence-corrected chi connectivity index (χ0v) is 16.6. The summed E-state index contributed by atoms with van der Waals surface area (Å²) in [6.45, 7) is 14.3. The summed E-state index contributed by atoms with van der Waals surface area (Å²) in [6.07, 6.45) is 0. The van der Waals surface area contributed by atoms with Gasteiger partial charge in [0.15, 0.2) is 0 Å². The number of hydrogen-bond acceptors (Lipinski definition) is 3. The maximum Gasteiger partial charge on any atom is 0.127 e. The van der Waals surface area contributed by atoms with Gasteiger partial charge in [-0.05, 0) is 41.5 Å². The molecule has 0 radical (unpaired) electrons. The van der Waals surface area contributed by atoms with E-state index in [9.17, 15) is 10.2 Å². The molecule has 0 atom stereocenters. The third kappa shape index (κ3) is 3.76. The number of rotatable bonds is 2. The Morgan fingerprint density at radius 1 is 0.720 bits per heavy atom. The van der Waals surface area contributed by atoms with Gasteiger partial charge in [-0.2, -0.15) is 0 Å². The number of phenols is 2. The van der Waals surface area contributed by atoms with Crippen LogP contribution in [0.15, 0.2) is 24.3 Å². The molecule has 0 heterocycles. The normalized spacial score (nSPS) is 12.3. The van der Waals surface area contributed by atoms with Crippen molar-refractivity contribution in [2.75, 3.05) is 7.11 Å². The Morgan fingerprint density at radius 3 is 1.60 bits per heavy atom. The maximum absolute atomic E-state index is 10.9. The van der Waals surface area contributed by atoms with Crippen molar-refractivity contribution >= 4 is 0 Å². The smallest absolute Gasteiger partial charge is 0.127 e. The number of phenolic OH excluding ortho intramolecular Hbond substituents is 2. The molecule has 0 unspecified atom stereocenters. The molecule has 0 aliphatic rings. The second-order valence-electron chi connectivity index (χ2n) is 8.78. The molecule has 0 aliphatic heterocycles. The van der Waals surface area contributed by atoms with E-state index < -0.39 is 0 Å². The zero-order chi connectivity index (χ0) is 19.2. The highest BCUT2D eigenvalue weighted by atomic mass is 16.5. The van der Waals surface area contributed by atoms with Crippen LogP contribution in [0.5, 0.6) is 17.2 Å². The van der Waals surface area contributed by atoms with Crippen molar-refractivity contribution in [3.8, 4) is 28.4 Å². The minimum Gasteiger partial charge on any atom is -0.507 e. The summed E-state index contributed by atoms with van der Waals surface area (Å²) >= 11 is 0. The number of ether oxygens (including phenoxy) is 1. The van der Waals surface area contributed by atoms with Crippen molar-refractivity contribution in [2.24, 2.45) is 0 Å². The van der Waals surface area contributed by atoms with Crippen LogP contribution in [-0.4, -0.2) is 17.3 Å². The highest BCUT2D eigenvalue weighted by molar-refractivity contribution is 5.80. The summed E-state index contributed by atoms with van der Waals surface area (Å²) < 4.78 is 5.44. The SMILES string of the molecule is COc1cc(-c2cc(C)cc(C(C)(C)C)c2O)c(O)c(C(C)(C)C)c1. The average Bonchev–Trinajstić information content (AvgIpc) is 2.47. The van der Waals surface area contributed by atoms with Gasteiger partial charge in [-0.15, -0.1) is 0 Å². The molecule has 3 heteroatoms. The third-order valence-corrected chi connectivity index (χ3v) is 4.48. The number of aryl methyl sites for hydroxylation is 1. The Kier molecular flexibility index (Phi) is 4.82. The zero-order valence-electron chi connectivity index (χ0n) is 16.6. The van der Waals surface area contributed by atoms with Gasteiger partial charge in [-0.1, -0.05) is 47.6 Å². The van der Waals surface area contributed by atoms with E-state index in [-0.39, 0.29) is 22.3 Å². The first-order chi connectivity index (χ1) is 11.4. The highest BCUT2D eigenvalue weighted by Gasteiger charge is 2.26. The van der Waals surface area contributed by atoms with E-state index in [2.05, 4.69) is 20.8 Å². The second-order valence-corrected chi connectivity index (χ2v) is 8.78. The van der Waals surface area contributed by atoms with Crippen LogP contribution < -0.4 is 4.74 Å². The van der Waals surface area contributed by atoms with E-state index in [4.69, 9.17) is 4.74 Å². The monoisotopic (exact) mass is 342 g/mol. The molecule has 0 fully saturated rings. The van der Waals surface area contributed by atoms with E-state index in [1.54, 1.807) is 13.2 Å². The fourth-order valence-electron chi connectivity index (χ4n) is 3.06. The van der Waals surface area contributed by atoms with E-state index >= 15 is 0 Å². The second kappa shape index (κ2) is 6.29. The first kappa shape index (κ1) is 19.2. The van der Waals surface area contributed by atoms with E-state index in [1.807, 2.05) is 45.9 Å². The average molecular weight is 342 g/mol. The molecule has 0 bridgehead atoms. The van der Waals surface area contributed by atoms with Crippen molar-refractivity contribution in [2.45, 2.75) is 59.3 Å². The van der Waals surface area contributed by atoms with Gasteiger partial charge in [0.1, 0.15) is 17.2 Å². The summed E-state index contributed by atoms with van der Waals surface area (Å²) in [6, 6.07) is 7.55. The van der Waals surface area contributed by atoms with Gasteiger partial charge in [0.05, 0.1) is 7.11 Å². The molecule has 2 aromatic rings. The van der Waals surface area contributed by atoms with Gasteiger partial charge in [-0.3, -0.25) is 0 Å².